The quantitative estimate of drug-likeness (QED) is 0.184. The van der Waals surface area contributed by atoms with Crippen LogP contribution in [0.25, 0.3) is 72.1 Å². The van der Waals surface area contributed by atoms with Crippen LogP contribution in [-0.4, -0.2) is 9.97 Å². The molecule has 1 heterocycles. The molecule has 0 saturated carbocycles. The molecule has 47 heavy (non-hydrogen) atoms. The first kappa shape index (κ1) is 28.4. The zero-order chi connectivity index (χ0) is 32.0. The lowest BCUT2D eigenvalue weighted by molar-refractivity contribution is 0.661. The number of aromatic nitrogens is 2. The number of hydrogen-bond acceptors (Lipinski definition) is 2. The predicted octanol–water partition coefficient (Wildman–Crippen LogP) is 11.7. The second kappa shape index (κ2) is 11.4. The van der Waals surface area contributed by atoms with Crippen LogP contribution in [0.4, 0.5) is 5.69 Å². The maximum atomic E-state index is 7.50. The first-order valence-electron chi connectivity index (χ1n) is 15.9. The molecule has 0 aliphatic heterocycles. The van der Waals surface area contributed by atoms with E-state index in [1.54, 1.807) is 0 Å². The predicted molar refractivity (Wildman–Crippen MR) is 193 cm³/mol. The molecule has 3 nitrogen and oxygen atoms in total. The van der Waals surface area contributed by atoms with Crippen LogP contribution in [-0.2, 0) is 5.41 Å². The van der Waals surface area contributed by atoms with Gasteiger partial charge in [-0.15, -0.1) is 0 Å². The molecule has 7 aromatic rings. The van der Waals surface area contributed by atoms with Gasteiger partial charge in [0.2, 0.25) is 0 Å². The fourth-order valence-corrected chi connectivity index (χ4v) is 6.80. The van der Waals surface area contributed by atoms with Crippen LogP contribution < -0.4 is 0 Å². The van der Waals surface area contributed by atoms with Crippen molar-refractivity contribution < 1.29 is 0 Å². The highest BCUT2D eigenvalue weighted by Gasteiger charge is 2.35. The van der Waals surface area contributed by atoms with Gasteiger partial charge in [-0.3, -0.25) is 0 Å². The topological polar surface area (TPSA) is 30.1 Å². The molecule has 222 valence electrons. The average molecular weight is 602 g/mol. The molecule has 0 amide bonds. The monoisotopic (exact) mass is 601 g/mol. The van der Waals surface area contributed by atoms with Crippen molar-refractivity contribution in [1.82, 2.24) is 9.97 Å². The number of benzene rings is 6. The lowest BCUT2D eigenvalue weighted by Crippen LogP contribution is -2.14. The Morgan fingerprint density at radius 2 is 1.00 bits per heavy atom. The van der Waals surface area contributed by atoms with Crippen molar-refractivity contribution in [3.63, 3.8) is 0 Å². The molecule has 0 unspecified atom stereocenters. The van der Waals surface area contributed by atoms with Crippen molar-refractivity contribution >= 4 is 5.69 Å². The third-order valence-corrected chi connectivity index (χ3v) is 9.30. The molecule has 8 rings (SSSR count). The van der Waals surface area contributed by atoms with E-state index in [0.717, 1.165) is 39.2 Å². The van der Waals surface area contributed by atoms with Gasteiger partial charge < -0.3 is 0 Å². The number of nitrogens with zero attached hydrogens (tertiary/aromatic N) is 3. The summed E-state index contributed by atoms with van der Waals surface area (Å²) >= 11 is 0. The normalized spacial score (nSPS) is 12.6. The smallest absolute Gasteiger partial charge is 0.187 e. The van der Waals surface area contributed by atoms with E-state index < -0.39 is 0 Å². The van der Waals surface area contributed by atoms with Gasteiger partial charge in [0, 0.05) is 22.1 Å². The van der Waals surface area contributed by atoms with Crippen LogP contribution in [0.15, 0.2) is 152 Å². The van der Waals surface area contributed by atoms with Crippen molar-refractivity contribution in [3.05, 3.63) is 174 Å². The van der Waals surface area contributed by atoms with Crippen LogP contribution >= 0.6 is 0 Å². The van der Waals surface area contributed by atoms with Gasteiger partial charge in [-0.2, -0.15) is 0 Å². The fraction of sp³-hybridized carbons (Fsp3) is 0.0682. The maximum absolute atomic E-state index is 7.50. The van der Waals surface area contributed by atoms with Gasteiger partial charge in [0.05, 0.1) is 18.0 Å². The van der Waals surface area contributed by atoms with Gasteiger partial charge in [0.15, 0.2) is 11.5 Å². The van der Waals surface area contributed by atoms with Crippen LogP contribution in [0.1, 0.15) is 25.0 Å². The Labute approximate surface area is 275 Å². The van der Waals surface area contributed by atoms with Gasteiger partial charge in [0.1, 0.15) is 0 Å². The van der Waals surface area contributed by atoms with Gasteiger partial charge >= 0.3 is 0 Å². The fourth-order valence-electron chi connectivity index (χ4n) is 6.80. The van der Waals surface area contributed by atoms with Gasteiger partial charge in [-0.1, -0.05) is 135 Å². The molecule has 1 aliphatic rings. The summed E-state index contributed by atoms with van der Waals surface area (Å²) in [5.41, 5.74) is 15.0. The second-order valence-corrected chi connectivity index (χ2v) is 12.6. The van der Waals surface area contributed by atoms with Crippen molar-refractivity contribution in [1.29, 1.82) is 0 Å². The zero-order valence-electron chi connectivity index (χ0n) is 26.3. The average Bonchev–Trinajstić information content (AvgIpc) is 3.37. The molecule has 3 heteroatoms. The SMILES string of the molecule is [C-]#[N+]c1ccc2c(c1)-c1ccc(-c3cccc(-c4cccc(-c5cc(-c6ccccc6)nc(-c6ccccc6)n5)c4)c3)cc1C2(C)C. The minimum atomic E-state index is -0.137. The van der Waals surface area contributed by atoms with E-state index in [1.807, 2.05) is 48.5 Å². The van der Waals surface area contributed by atoms with Gasteiger partial charge in [-0.25, -0.2) is 14.8 Å². The van der Waals surface area contributed by atoms with E-state index in [9.17, 15) is 0 Å². The van der Waals surface area contributed by atoms with Crippen molar-refractivity contribution in [3.8, 4) is 67.3 Å². The molecule has 0 fully saturated rings. The summed E-state index contributed by atoms with van der Waals surface area (Å²) in [6.07, 6.45) is 0. The maximum Gasteiger partial charge on any atom is 0.187 e. The molecular formula is C44H31N3. The molecule has 1 aliphatic carbocycles. The Morgan fingerprint density at radius 1 is 0.447 bits per heavy atom. The summed E-state index contributed by atoms with van der Waals surface area (Å²) in [4.78, 5) is 13.7. The lowest BCUT2D eigenvalue weighted by atomic mass is 9.81. The summed E-state index contributed by atoms with van der Waals surface area (Å²) in [5.74, 6) is 0.710. The van der Waals surface area contributed by atoms with Crippen LogP contribution in [0.3, 0.4) is 0 Å². The summed E-state index contributed by atoms with van der Waals surface area (Å²) in [5, 5.41) is 0. The van der Waals surface area contributed by atoms with E-state index in [0.29, 0.717) is 11.5 Å². The Balaban J connectivity index is 1.18. The number of hydrogen-bond donors (Lipinski definition) is 0. The van der Waals surface area contributed by atoms with Crippen LogP contribution in [0.2, 0.25) is 0 Å². The van der Waals surface area contributed by atoms with Gasteiger partial charge in [0.25, 0.3) is 0 Å². The number of rotatable bonds is 5. The third-order valence-electron chi connectivity index (χ3n) is 9.30. The molecule has 0 saturated heterocycles. The largest absolute Gasteiger partial charge is 0.238 e. The minimum absolute atomic E-state index is 0.137. The highest BCUT2D eigenvalue weighted by Crippen LogP contribution is 2.50. The Bertz CT molecular complexity index is 2270. The highest BCUT2D eigenvalue weighted by atomic mass is 14.9. The van der Waals surface area contributed by atoms with E-state index >= 15 is 0 Å². The standard InChI is InChI=1S/C44H31N3/c1-44(2)39-23-21-36(45-3)27-38(39)37-22-20-34(26-40(37)44)32-17-10-16-31(24-32)33-18-11-19-35(25-33)42-28-41(29-12-6-4-7-13-29)46-43(47-42)30-14-8-5-9-15-30/h4-28H,1-2H3. The highest BCUT2D eigenvalue weighted by molar-refractivity contribution is 5.86. The van der Waals surface area contributed by atoms with E-state index in [-0.39, 0.29) is 5.41 Å². The molecule has 0 atom stereocenters. The summed E-state index contributed by atoms with van der Waals surface area (Å²) in [6, 6.07) is 52.8. The Hall–Kier alpha value is -6.11. The van der Waals surface area contributed by atoms with Crippen molar-refractivity contribution in [2.24, 2.45) is 0 Å². The summed E-state index contributed by atoms with van der Waals surface area (Å²) < 4.78 is 0. The first-order chi connectivity index (χ1) is 23.0. The molecule has 1 aromatic heterocycles. The number of fused-ring (bicyclic) bond motifs is 3. The van der Waals surface area contributed by atoms with E-state index in [4.69, 9.17) is 16.5 Å². The lowest BCUT2D eigenvalue weighted by Gasteiger charge is -2.22. The van der Waals surface area contributed by atoms with Crippen molar-refractivity contribution in [2.45, 2.75) is 19.3 Å². The Kier molecular flexibility index (Phi) is 6.85. The molecule has 0 bridgehead atoms. The molecule has 6 aromatic carbocycles. The summed E-state index contributed by atoms with van der Waals surface area (Å²) in [7, 11) is 0. The van der Waals surface area contributed by atoms with Crippen LogP contribution in [0.5, 0.6) is 0 Å². The van der Waals surface area contributed by atoms with Crippen LogP contribution in [0, 0.1) is 6.57 Å². The van der Waals surface area contributed by atoms with Gasteiger partial charge in [-0.05, 0) is 74.8 Å². The van der Waals surface area contributed by atoms with Crippen molar-refractivity contribution in [2.75, 3.05) is 0 Å². The third kappa shape index (κ3) is 5.11. The molecule has 0 radical (unpaired) electrons. The molecule has 0 spiro atoms. The summed E-state index contributed by atoms with van der Waals surface area (Å²) in [6.45, 7) is 12.1. The first-order valence-corrected chi connectivity index (χ1v) is 15.9. The second-order valence-electron chi connectivity index (χ2n) is 12.6. The van der Waals surface area contributed by atoms with E-state index in [2.05, 4.69) is 122 Å². The molecular weight excluding hydrogens is 571 g/mol. The minimum Gasteiger partial charge on any atom is -0.238 e. The molecule has 0 N–H and O–H groups in total. The Morgan fingerprint density at radius 3 is 1.66 bits per heavy atom. The van der Waals surface area contributed by atoms with E-state index in [1.165, 1.54) is 33.4 Å². The zero-order valence-corrected chi connectivity index (χ0v) is 26.3.